The Morgan fingerprint density at radius 3 is 2.45 bits per heavy atom. The van der Waals surface area contributed by atoms with Gasteiger partial charge in [-0.25, -0.2) is 0 Å². The lowest BCUT2D eigenvalue weighted by molar-refractivity contribution is 1.11. The monoisotopic (exact) mass is 150 g/mol. The molecule has 4 N–H and O–H groups in total. The molecule has 0 atom stereocenters. The minimum absolute atomic E-state index is 0.680. The predicted octanol–water partition coefficient (Wildman–Crippen LogP) is 1.72. The van der Waals surface area contributed by atoms with Crippen molar-refractivity contribution in [3.05, 3.63) is 23.3 Å². The second-order valence-electron chi connectivity index (χ2n) is 2.71. The van der Waals surface area contributed by atoms with Crippen LogP contribution in [0.5, 0.6) is 0 Å². The van der Waals surface area contributed by atoms with E-state index in [2.05, 4.69) is 6.92 Å². The molecule has 2 heteroatoms. The fraction of sp³-hybridized carbons (Fsp3) is 0.333. The van der Waals surface area contributed by atoms with Gasteiger partial charge in [0.2, 0.25) is 0 Å². The van der Waals surface area contributed by atoms with Gasteiger partial charge in [0.25, 0.3) is 0 Å². The zero-order valence-corrected chi connectivity index (χ0v) is 7.02. The Morgan fingerprint density at radius 2 is 1.91 bits per heavy atom. The summed E-state index contributed by atoms with van der Waals surface area (Å²) in [6, 6.07) is 3.89. The lowest BCUT2D eigenvalue weighted by Crippen LogP contribution is -1.99. The zero-order chi connectivity index (χ0) is 8.43. The fourth-order valence-electron chi connectivity index (χ4n) is 1.18. The smallest absolute Gasteiger partial charge is 0.0580 e. The van der Waals surface area contributed by atoms with Gasteiger partial charge < -0.3 is 11.5 Å². The van der Waals surface area contributed by atoms with Gasteiger partial charge in [-0.2, -0.15) is 0 Å². The number of rotatable bonds is 1. The van der Waals surface area contributed by atoms with E-state index in [1.54, 1.807) is 0 Å². The van der Waals surface area contributed by atoms with E-state index in [-0.39, 0.29) is 0 Å². The average molecular weight is 150 g/mol. The molecule has 1 aromatic rings. The number of hydrogen-bond donors (Lipinski definition) is 2. The summed E-state index contributed by atoms with van der Waals surface area (Å²) in [5, 5.41) is 0. The first kappa shape index (κ1) is 7.92. The topological polar surface area (TPSA) is 52.0 Å². The summed E-state index contributed by atoms with van der Waals surface area (Å²) in [6.45, 7) is 4.11. The summed E-state index contributed by atoms with van der Waals surface area (Å²) in [7, 11) is 0. The van der Waals surface area contributed by atoms with Gasteiger partial charge in [0.05, 0.1) is 11.4 Å². The first-order valence-corrected chi connectivity index (χ1v) is 3.80. The molecule has 0 saturated heterocycles. The molecule has 0 amide bonds. The van der Waals surface area contributed by atoms with Crippen molar-refractivity contribution in [2.45, 2.75) is 20.3 Å². The van der Waals surface area contributed by atoms with Crippen LogP contribution >= 0.6 is 0 Å². The van der Waals surface area contributed by atoms with Crippen molar-refractivity contribution in [1.82, 2.24) is 0 Å². The van der Waals surface area contributed by atoms with Crippen molar-refractivity contribution in [2.24, 2.45) is 0 Å². The Kier molecular flexibility index (Phi) is 2.03. The molecule has 0 saturated carbocycles. The quantitative estimate of drug-likeness (QED) is 0.599. The Labute approximate surface area is 67.2 Å². The normalized spacial score (nSPS) is 10.0. The molecule has 0 radical (unpaired) electrons. The highest BCUT2D eigenvalue weighted by atomic mass is 14.7. The van der Waals surface area contributed by atoms with Crippen molar-refractivity contribution in [3.8, 4) is 0 Å². The first-order chi connectivity index (χ1) is 5.16. The third-order valence-corrected chi connectivity index (χ3v) is 2.04. The van der Waals surface area contributed by atoms with Crippen LogP contribution in [-0.2, 0) is 6.42 Å². The maximum Gasteiger partial charge on any atom is 0.0580 e. The minimum Gasteiger partial charge on any atom is -0.397 e. The molecule has 0 heterocycles. The highest BCUT2D eigenvalue weighted by molar-refractivity contribution is 5.68. The van der Waals surface area contributed by atoms with Crippen molar-refractivity contribution in [2.75, 3.05) is 11.5 Å². The maximum atomic E-state index is 5.73. The van der Waals surface area contributed by atoms with Crippen LogP contribution in [0, 0.1) is 6.92 Å². The van der Waals surface area contributed by atoms with E-state index in [1.807, 2.05) is 19.1 Å². The number of anilines is 2. The molecule has 0 unspecified atom stereocenters. The van der Waals surface area contributed by atoms with Crippen LogP contribution in [0.3, 0.4) is 0 Å². The zero-order valence-electron chi connectivity index (χ0n) is 7.02. The van der Waals surface area contributed by atoms with Crippen molar-refractivity contribution < 1.29 is 0 Å². The van der Waals surface area contributed by atoms with Gasteiger partial charge in [0, 0.05) is 0 Å². The van der Waals surface area contributed by atoms with E-state index in [1.165, 1.54) is 5.56 Å². The second kappa shape index (κ2) is 2.82. The van der Waals surface area contributed by atoms with Gasteiger partial charge in [-0.1, -0.05) is 13.0 Å². The third-order valence-electron chi connectivity index (χ3n) is 2.04. The van der Waals surface area contributed by atoms with Gasteiger partial charge >= 0.3 is 0 Å². The van der Waals surface area contributed by atoms with Crippen LogP contribution in [0.1, 0.15) is 18.1 Å². The largest absolute Gasteiger partial charge is 0.397 e. The average Bonchev–Trinajstić information content (AvgIpc) is 2.01. The van der Waals surface area contributed by atoms with Crippen LogP contribution in [0.2, 0.25) is 0 Å². The Bertz CT molecular complexity index is 267. The van der Waals surface area contributed by atoms with E-state index in [4.69, 9.17) is 11.5 Å². The standard InChI is InChI=1S/C9H14N2/c1-3-7-4-5-8(10)9(11)6(7)2/h4-5H,3,10-11H2,1-2H3. The molecule has 1 aromatic carbocycles. The minimum atomic E-state index is 0.680. The fourth-order valence-corrected chi connectivity index (χ4v) is 1.18. The van der Waals surface area contributed by atoms with Gasteiger partial charge in [-0.3, -0.25) is 0 Å². The van der Waals surface area contributed by atoms with E-state index >= 15 is 0 Å². The molecular weight excluding hydrogens is 136 g/mol. The molecule has 0 aliphatic carbocycles. The Hall–Kier alpha value is -1.18. The summed E-state index contributed by atoms with van der Waals surface area (Å²) in [5.41, 5.74) is 15.2. The Balaban J connectivity index is 3.25. The Morgan fingerprint density at radius 1 is 1.27 bits per heavy atom. The van der Waals surface area contributed by atoms with E-state index in [0.717, 1.165) is 17.7 Å². The maximum absolute atomic E-state index is 5.73. The van der Waals surface area contributed by atoms with Crippen LogP contribution < -0.4 is 11.5 Å². The lowest BCUT2D eigenvalue weighted by atomic mass is 10.0. The highest BCUT2D eigenvalue weighted by Gasteiger charge is 2.01. The summed E-state index contributed by atoms with van der Waals surface area (Å²) in [5.74, 6) is 0. The second-order valence-corrected chi connectivity index (χ2v) is 2.71. The first-order valence-electron chi connectivity index (χ1n) is 3.80. The van der Waals surface area contributed by atoms with E-state index in [9.17, 15) is 0 Å². The number of nitrogens with two attached hydrogens (primary N) is 2. The van der Waals surface area contributed by atoms with Crippen molar-refractivity contribution in [1.29, 1.82) is 0 Å². The molecule has 0 spiro atoms. The molecule has 2 nitrogen and oxygen atoms in total. The molecule has 0 fully saturated rings. The third kappa shape index (κ3) is 1.29. The number of aryl methyl sites for hydroxylation is 1. The molecule has 60 valence electrons. The lowest BCUT2D eigenvalue weighted by Gasteiger charge is -2.08. The SMILES string of the molecule is CCc1ccc(N)c(N)c1C. The van der Waals surface area contributed by atoms with Crippen molar-refractivity contribution >= 4 is 11.4 Å². The molecular formula is C9H14N2. The molecule has 0 aliphatic heterocycles. The molecule has 0 aliphatic rings. The number of benzene rings is 1. The van der Waals surface area contributed by atoms with Crippen LogP contribution in [-0.4, -0.2) is 0 Å². The van der Waals surface area contributed by atoms with Crippen molar-refractivity contribution in [3.63, 3.8) is 0 Å². The predicted molar refractivity (Wildman–Crippen MR) is 49.4 cm³/mol. The molecule has 11 heavy (non-hydrogen) atoms. The van der Waals surface area contributed by atoms with E-state index in [0.29, 0.717) is 5.69 Å². The highest BCUT2D eigenvalue weighted by Crippen LogP contribution is 2.22. The summed E-state index contributed by atoms with van der Waals surface area (Å²) in [6.07, 6.45) is 1.01. The van der Waals surface area contributed by atoms with Gasteiger partial charge in [-0.15, -0.1) is 0 Å². The number of nitrogen functional groups attached to an aromatic ring is 2. The molecule has 1 rings (SSSR count). The van der Waals surface area contributed by atoms with Crippen LogP contribution in [0.4, 0.5) is 11.4 Å². The summed E-state index contributed by atoms with van der Waals surface area (Å²) >= 11 is 0. The van der Waals surface area contributed by atoms with Gasteiger partial charge in [0.15, 0.2) is 0 Å². The van der Waals surface area contributed by atoms with Crippen LogP contribution in [0.15, 0.2) is 12.1 Å². The van der Waals surface area contributed by atoms with E-state index < -0.39 is 0 Å². The summed E-state index contributed by atoms with van der Waals surface area (Å²) < 4.78 is 0. The summed E-state index contributed by atoms with van der Waals surface area (Å²) in [4.78, 5) is 0. The van der Waals surface area contributed by atoms with Gasteiger partial charge in [0.1, 0.15) is 0 Å². The van der Waals surface area contributed by atoms with Gasteiger partial charge in [-0.05, 0) is 30.5 Å². The number of hydrogen-bond acceptors (Lipinski definition) is 2. The molecule has 0 aromatic heterocycles. The van der Waals surface area contributed by atoms with Crippen LogP contribution in [0.25, 0.3) is 0 Å². The molecule has 0 bridgehead atoms.